The maximum absolute atomic E-state index is 11.5. The van der Waals surface area contributed by atoms with Gasteiger partial charge in [0.05, 0.1) is 0 Å². The average Bonchev–Trinajstić information content (AvgIpc) is 2.75. The van der Waals surface area contributed by atoms with Crippen molar-refractivity contribution in [3.63, 3.8) is 0 Å². The van der Waals surface area contributed by atoms with Crippen LogP contribution in [0.1, 0.15) is 71.1 Å². The molecule has 29 heavy (non-hydrogen) atoms. The van der Waals surface area contributed by atoms with Crippen LogP contribution in [-0.2, 0) is 9.59 Å². The molecule has 3 fully saturated rings. The summed E-state index contributed by atoms with van der Waals surface area (Å²) in [6.07, 6.45) is 18.1. The number of carboxylic acid groups (broad SMARTS) is 1. The Morgan fingerprint density at radius 1 is 1.10 bits per heavy atom. The van der Waals surface area contributed by atoms with Gasteiger partial charge in [-0.05, 0) is 38.2 Å². The Morgan fingerprint density at radius 2 is 1.66 bits per heavy atom. The zero-order chi connectivity index (χ0) is 20.8. The molecule has 162 valence electrons. The first-order chi connectivity index (χ1) is 14.0. The van der Waals surface area contributed by atoms with E-state index in [0.717, 1.165) is 12.1 Å². The van der Waals surface area contributed by atoms with Gasteiger partial charge in [-0.1, -0.05) is 50.7 Å². The lowest BCUT2D eigenvalue weighted by Crippen LogP contribution is -2.68. The third-order valence-electron chi connectivity index (χ3n) is 6.29. The molecule has 4 rings (SSSR count). The third-order valence-corrected chi connectivity index (χ3v) is 7.61. The molecular formula is C22H35N3O3S. The fraction of sp³-hybridized carbons (Fsp3) is 0.727. The second-order valence-electron chi connectivity index (χ2n) is 8.45. The van der Waals surface area contributed by atoms with Crippen molar-refractivity contribution in [3.8, 4) is 0 Å². The van der Waals surface area contributed by atoms with Gasteiger partial charge in [0.2, 0.25) is 5.91 Å². The molecule has 4 N–H and O–H groups in total. The van der Waals surface area contributed by atoms with Gasteiger partial charge in [-0.3, -0.25) is 9.69 Å². The summed E-state index contributed by atoms with van der Waals surface area (Å²) >= 11 is 1.50. The van der Waals surface area contributed by atoms with Gasteiger partial charge in [0.1, 0.15) is 17.1 Å². The molecule has 1 saturated heterocycles. The van der Waals surface area contributed by atoms with E-state index in [2.05, 4.69) is 5.32 Å². The minimum atomic E-state index is -1.07. The first-order valence-electron chi connectivity index (χ1n) is 11.1. The second kappa shape index (κ2) is 10.6. The molecule has 0 aromatic carbocycles. The standard InChI is InChI=1S/C12H23N.C10H12N2O3S/c1-3-7-11(8-4-1)13-12-9-5-2-6-10-12;1-2-3-5-4-16-9-6(11)8(13)12(9)7(5)10(14)15/h11-13H,1-10H2;2-3,6,9H,4,11H2,1H3,(H,14,15)/t;6?,9-/m.0/s1. The first kappa shape index (κ1) is 22.4. The highest BCUT2D eigenvalue weighted by atomic mass is 32.2. The molecule has 2 aliphatic heterocycles. The van der Waals surface area contributed by atoms with Crippen LogP contribution in [0.2, 0.25) is 0 Å². The Balaban J connectivity index is 0.000000169. The largest absolute Gasteiger partial charge is 0.477 e. The van der Waals surface area contributed by atoms with E-state index in [9.17, 15) is 9.59 Å². The van der Waals surface area contributed by atoms with E-state index >= 15 is 0 Å². The van der Waals surface area contributed by atoms with E-state index in [1.807, 2.05) is 6.92 Å². The molecule has 0 bridgehead atoms. The van der Waals surface area contributed by atoms with Gasteiger partial charge in [-0.25, -0.2) is 4.79 Å². The summed E-state index contributed by atoms with van der Waals surface area (Å²) in [7, 11) is 0. The Morgan fingerprint density at radius 3 is 2.14 bits per heavy atom. The molecule has 0 spiro atoms. The zero-order valence-corrected chi connectivity index (χ0v) is 18.3. The Bertz CT molecular complexity index is 636. The molecule has 1 unspecified atom stereocenters. The van der Waals surface area contributed by atoms with Gasteiger partial charge >= 0.3 is 5.97 Å². The van der Waals surface area contributed by atoms with Crippen LogP contribution in [0.3, 0.4) is 0 Å². The van der Waals surface area contributed by atoms with E-state index < -0.39 is 12.0 Å². The van der Waals surface area contributed by atoms with E-state index in [1.165, 1.54) is 80.9 Å². The fourth-order valence-corrected chi connectivity index (χ4v) is 6.01. The highest BCUT2D eigenvalue weighted by Gasteiger charge is 2.51. The number of β-lactam (4-membered cyclic amide) rings is 1. The number of aliphatic carboxylic acids is 1. The molecular weight excluding hydrogens is 386 g/mol. The van der Waals surface area contributed by atoms with Gasteiger partial charge in [-0.2, -0.15) is 0 Å². The Kier molecular flexibility index (Phi) is 8.21. The molecule has 7 heteroatoms. The summed E-state index contributed by atoms with van der Waals surface area (Å²) < 4.78 is 0. The van der Waals surface area contributed by atoms with E-state index in [-0.39, 0.29) is 17.0 Å². The highest BCUT2D eigenvalue weighted by molar-refractivity contribution is 8.00. The highest BCUT2D eigenvalue weighted by Crippen LogP contribution is 2.39. The van der Waals surface area contributed by atoms with Crippen molar-refractivity contribution in [2.45, 2.75) is 94.6 Å². The Hall–Kier alpha value is -1.31. The van der Waals surface area contributed by atoms with Gasteiger partial charge < -0.3 is 16.2 Å². The molecule has 2 atom stereocenters. The van der Waals surface area contributed by atoms with Crippen molar-refractivity contribution in [2.75, 3.05) is 5.75 Å². The number of nitrogens with two attached hydrogens (primary N) is 1. The Labute approximate surface area is 178 Å². The monoisotopic (exact) mass is 421 g/mol. The van der Waals surface area contributed by atoms with Crippen molar-refractivity contribution in [1.82, 2.24) is 10.2 Å². The molecule has 0 aromatic rings. The van der Waals surface area contributed by atoms with Crippen LogP contribution in [0.5, 0.6) is 0 Å². The maximum atomic E-state index is 11.5. The smallest absolute Gasteiger partial charge is 0.352 e. The summed E-state index contributed by atoms with van der Waals surface area (Å²) in [5, 5.41) is 12.8. The molecule has 4 aliphatic rings. The number of carboxylic acids is 1. The number of carbonyl (C=O) groups excluding carboxylic acids is 1. The number of carbonyl (C=O) groups is 2. The molecule has 1 amide bonds. The third kappa shape index (κ3) is 5.44. The van der Waals surface area contributed by atoms with Gasteiger partial charge in [-0.15, -0.1) is 11.8 Å². The van der Waals surface area contributed by atoms with Crippen LogP contribution in [0.15, 0.2) is 23.4 Å². The lowest BCUT2D eigenvalue weighted by molar-refractivity contribution is -0.147. The molecule has 0 aromatic heterocycles. The maximum Gasteiger partial charge on any atom is 0.352 e. The topological polar surface area (TPSA) is 95.7 Å². The van der Waals surface area contributed by atoms with Crippen molar-refractivity contribution in [2.24, 2.45) is 5.73 Å². The van der Waals surface area contributed by atoms with Crippen LogP contribution in [0.4, 0.5) is 0 Å². The first-order valence-corrected chi connectivity index (χ1v) is 12.1. The normalized spacial score (nSPS) is 28.6. The second-order valence-corrected chi connectivity index (χ2v) is 9.56. The van der Waals surface area contributed by atoms with Crippen molar-refractivity contribution < 1.29 is 14.7 Å². The summed E-state index contributed by atoms with van der Waals surface area (Å²) in [5.74, 6) is -0.802. The molecule has 2 aliphatic carbocycles. The van der Waals surface area contributed by atoms with E-state index in [0.29, 0.717) is 11.3 Å². The summed E-state index contributed by atoms with van der Waals surface area (Å²) in [6, 6.07) is 1.18. The fourth-order valence-electron chi connectivity index (χ4n) is 4.74. The van der Waals surface area contributed by atoms with Crippen LogP contribution >= 0.6 is 11.8 Å². The van der Waals surface area contributed by atoms with E-state index in [4.69, 9.17) is 10.8 Å². The van der Waals surface area contributed by atoms with Gasteiger partial charge in [0.15, 0.2) is 0 Å². The molecule has 2 saturated carbocycles. The zero-order valence-electron chi connectivity index (χ0n) is 17.4. The number of fused-ring (bicyclic) bond motifs is 1. The summed E-state index contributed by atoms with van der Waals surface area (Å²) in [5.41, 5.74) is 6.35. The SMILES string of the molecule is C1CCC(NC2CCCCC2)CC1.CC=CC1=C(C(=O)O)N2C(=O)C(N)[C@@H]2SC1. The predicted molar refractivity (Wildman–Crippen MR) is 117 cm³/mol. The molecule has 6 nitrogen and oxygen atoms in total. The van der Waals surface area contributed by atoms with Crippen molar-refractivity contribution >= 4 is 23.6 Å². The number of thioether (sulfide) groups is 1. The minimum Gasteiger partial charge on any atom is -0.477 e. The minimum absolute atomic E-state index is 0.0774. The number of hydrogen-bond acceptors (Lipinski definition) is 5. The van der Waals surface area contributed by atoms with Crippen LogP contribution in [0.25, 0.3) is 0 Å². The average molecular weight is 422 g/mol. The number of allylic oxidation sites excluding steroid dienone is 2. The van der Waals surface area contributed by atoms with Crippen molar-refractivity contribution in [1.29, 1.82) is 0 Å². The predicted octanol–water partition coefficient (Wildman–Crippen LogP) is 3.39. The number of rotatable bonds is 4. The van der Waals surface area contributed by atoms with Gasteiger partial charge in [0, 0.05) is 17.8 Å². The number of hydrogen-bond donors (Lipinski definition) is 3. The van der Waals surface area contributed by atoms with Crippen LogP contribution < -0.4 is 11.1 Å². The number of nitrogens with zero attached hydrogens (tertiary/aromatic N) is 1. The van der Waals surface area contributed by atoms with E-state index in [1.54, 1.807) is 12.2 Å². The van der Waals surface area contributed by atoms with Crippen LogP contribution in [-0.4, -0.2) is 51.1 Å². The lowest BCUT2D eigenvalue weighted by atomic mass is 9.91. The molecule has 2 heterocycles. The summed E-state index contributed by atoms with van der Waals surface area (Å²) in [4.78, 5) is 24.0. The number of amides is 1. The van der Waals surface area contributed by atoms with Crippen LogP contribution in [0, 0.1) is 0 Å². The summed E-state index contributed by atoms with van der Waals surface area (Å²) in [6.45, 7) is 1.81. The lowest BCUT2D eigenvalue weighted by Gasteiger charge is -2.47. The number of nitrogens with one attached hydrogen (secondary N) is 1. The van der Waals surface area contributed by atoms with Crippen molar-refractivity contribution in [3.05, 3.63) is 23.4 Å². The van der Waals surface area contributed by atoms with Gasteiger partial charge in [0.25, 0.3) is 0 Å². The quantitative estimate of drug-likeness (QED) is 0.602. The molecule has 0 radical (unpaired) electrons.